The number of rotatable bonds is 16. The molecule has 4 aliphatic carbocycles. The van der Waals surface area contributed by atoms with E-state index in [9.17, 15) is 28.3 Å². The van der Waals surface area contributed by atoms with E-state index in [0.29, 0.717) is 56.5 Å². The molecule has 0 aromatic heterocycles. The van der Waals surface area contributed by atoms with Crippen LogP contribution in [0.2, 0.25) is 0 Å². The van der Waals surface area contributed by atoms with Crippen molar-refractivity contribution < 1.29 is 50.9 Å². The molecule has 12 nitrogen and oxygen atoms in total. The van der Waals surface area contributed by atoms with Gasteiger partial charge < -0.3 is 22.6 Å². The summed E-state index contributed by atoms with van der Waals surface area (Å²) in [7, 11) is -6.68. The van der Waals surface area contributed by atoms with Crippen molar-refractivity contribution in [1.82, 2.24) is 3.93 Å². The van der Waals surface area contributed by atoms with Gasteiger partial charge in [0, 0.05) is 65.0 Å². The highest BCUT2D eigenvalue weighted by atomic mass is 79.9. The van der Waals surface area contributed by atoms with Gasteiger partial charge in [-0.25, -0.2) is 3.93 Å². The summed E-state index contributed by atoms with van der Waals surface area (Å²) in [5, 5.41) is 32.7. The van der Waals surface area contributed by atoms with Gasteiger partial charge in [0.2, 0.25) is 26.3 Å². The fraction of sp³-hybridized carbons (Fsp3) is 0.155. The number of carbonyl (C=O) groups is 4. The van der Waals surface area contributed by atoms with Gasteiger partial charge in [-0.15, -0.1) is 0 Å². The lowest BCUT2D eigenvalue weighted by Gasteiger charge is -2.20. The summed E-state index contributed by atoms with van der Waals surface area (Å²) in [6.07, 6.45) is 3.05. The number of amides is 2. The first kappa shape index (κ1) is 91.5. The summed E-state index contributed by atoms with van der Waals surface area (Å²) in [6, 6.07) is 104. The van der Waals surface area contributed by atoms with Crippen LogP contribution in [0.3, 0.4) is 0 Å². The predicted molar refractivity (Wildman–Crippen MR) is 571 cm³/mol. The van der Waals surface area contributed by atoms with E-state index in [-0.39, 0.29) is 23.4 Å². The third-order valence-corrected chi connectivity index (χ3v) is 32.7. The third-order valence-electron chi connectivity index (χ3n) is 25.9. The minimum atomic E-state index is -2.81. The predicted octanol–water partition coefficient (Wildman–Crippen LogP) is 33.3. The number of carbonyl (C=O) groups excluding carboxylic acids is 4. The van der Waals surface area contributed by atoms with Gasteiger partial charge in [0.25, 0.3) is 11.8 Å². The maximum atomic E-state index is 13.0. The van der Waals surface area contributed by atoms with Crippen molar-refractivity contribution in [2.24, 2.45) is 0 Å². The standard InChI is InChI=1S/C30H16.C24H28O4P2.C18H12Br2.C18H14.C16H8O2.C6H15O3P.C4H2BrNO2/c1-2-9-19-18(6-1)14-28-27-16-25-22-11-4-8-17-7-3-10-21(29(17)22)24(25)15-26(27)23-13-5-12-20(19)30(23)28;1-5-27-29(3,25)15-18-13-22-20-11-7-9-17-10-8-12-21(24(17)20)23(22)14-19(18)16-30(4,26)28-6-2;19-9-12-7-16-14-5-1-3-11-4-2-6-15(18(11)14)17(16)8-13(12)10-20;1-11-9-16-14-7-3-5-13-6-4-8-15(18(13)14)17(16)10-12(11)2;17-15-12-7-3-6-11-10-5-2-1-4-9(10)8-13(14(11)12)16(15)18;1-4-7-10(8-5-2)9-6-3;5-6-3(7)1-2-4(6)8/h1-16H;7-14H,5-6,15-16H2,1-4H3;1-8H,9-10H2;3-10H,1-2H3;1-8H;4-6H2,1-3H3;1-2H. The number of fused-ring (bicyclic) bond motifs is 19. The Hall–Kier alpha value is -11.6. The first-order chi connectivity index (χ1) is 65.0. The van der Waals surface area contributed by atoms with E-state index in [2.05, 4.69) is 305 Å². The molecule has 20 aromatic rings. The number of alkyl halides is 2. The summed E-state index contributed by atoms with van der Waals surface area (Å²) in [5.41, 5.74) is 24.1. The SMILES string of the molecule is BrCc1cc2c(cc1CBr)-c1cccc3cccc-2c13.CCOP(C)(=O)Cc1cc2c(cc1CP(C)(=O)OCC)-c1cccc3cccc-2c13.CCOP(OCC)OCC.Cc1cc2c(cc1C)-c1cccc3cccc-2c13.O=C1C(=O)c2cc3ccccc3c3cccc1c23.O=C1C=CC(=O)N1Br.c1ccc2c(c1)cc1c3cc4c(cc3c3cccc2c31)c1cccc2cccc4c21. The third kappa shape index (κ3) is 16.9. The molecule has 666 valence electrons. The number of aryl methyl sites for hydroxylation is 2. The van der Waals surface area contributed by atoms with Crippen LogP contribution < -0.4 is 0 Å². The second-order valence-electron chi connectivity index (χ2n) is 34.2. The smallest absolute Gasteiger partial charge is 0.329 e. The minimum Gasteiger partial charge on any atom is -0.329 e. The molecule has 18 heteroatoms. The van der Waals surface area contributed by atoms with Crippen LogP contribution in [0.15, 0.2) is 303 Å². The number of Topliss-reactive ketones (excluding diaryl/α,β-unsaturated/α-hetero) is 2. The van der Waals surface area contributed by atoms with E-state index in [1.165, 1.54) is 198 Å². The van der Waals surface area contributed by atoms with Crippen LogP contribution in [0, 0.1) is 13.8 Å². The molecule has 1 aliphatic heterocycles. The molecule has 20 aromatic carbocycles. The molecule has 2 amide bonds. The van der Waals surface area contributed by atoms with Gasteiger partial charge >= 0.3 is 8.60 Å². The average Bonchev–Trinajstić information content (AvgIpc) is 1.54. The average molecular weight is 2010 g/mol. The van der Waals surface area contributed by atoms with E-state index in [1.807, 2.05) is 77.1 Å². The molecule has 1 heterocycles. The van der Waals surface area contributed by atoms with Gasteiger partial charge in [-0.1, -0.05) is 275 Å². The number of hydrogen-bond acceptors (Lipinski definition) is 11. The monoisotopic (exact) mass is 2010 g/mol. The highest BCUT2D eigenvalue weighted by molar-refractivity contribution is 9.09. The van der Waals surface area contributed by atoms with Gasteiger partial charge in [0.1, 0.15) is 0 Å². The van der Waals surface area contributed by atoms with Crippen LogP contribution in [0.5, 0.6) is 0 Å². The van der Waals surface area contributed by atoms with Crippen molar-refractivity contribution in [3.63, 3.8) is 0 Å². The van der Waals surface area contributed by atoms with E-state index in [4.69, 9.17) is 22.6 Å². The lowest BCUT2D eigenvalue weighted by Crippen LogP contribution is -2.17. The van der Waals surface area contributed by atoms with Crippen molar-refractivity contribution in [2.75, 3.05) is 46.4 Å². The van der Waals surface area contributed by atoms with Gasteiger partial charge in [-0.3, -0.25) is 28.3 Å². The van der Waals surface area contributed by atoms with Crippen LogP contribution in [-0.4, -0.2) is 73.7 Å². The zero-order valence-corrected chi connectivity index (χ0v) is 83.1. The highest BCUT2D eigenvalue weighted by Gasteiger charge is 2.34. The van der Waals surface area contributed by atoms with Crippen molar-refractivity contribution >= 4 is 224 Å². The van der Waals surface area contributed by atoms with E-state index < -0.39 is 23.3 Å². The largest absolute Gasteiger partial charge is 0.332 e. The van der Waals surface area contributed by atoms with Crippen LogP contribution in [0.4, 0.5) is 0 Å². The van der Waals surface area contributed by atoms with Crippen molar-refractivity contribution in [3.8, 4) is 66.8 Å². The Labute approximate surface area is 804 Å². The van der Waals surface area contributed by atoms with E-state index in [0.717, 1.165) is 58.4 Å². The molecule has 0 saturated heterocycles. The van der Waals surface area contributed by atoms with Gasteiger partial charge in [-0.2, -0.15) is 0 Å². The molecule has 25 rings (SSSR count). The van der Waals surface area contributed by atoms with E-state index >= 15 is 0 Å². The second kappa shape index (κ2) is 38.3. The fourth-order valence-corrected chi connectivity index (χ4v) is 25.4. The molecular formula is C116H95Br3NO11P3. The molecule has 2 unspecified atom stereocenters. The number of halogens is 3. The summed E-state index contributed by atoms with van der Waals surface area (Å²) >= 11 is 9.96. The lowest BCUT2D eigenvalue weighted by atomic mass is 9.98. The van der Waals surface area contributed by atoms with Gasteiger partial charge in [0.15, 0.2) is 0 Å². The molecule has 0 radical (unpaired) electrons. The number of imide groups is 1. The molecule has 5 aliphatic rings. The summed E-state index contributed by atoms with van der Waals surface area (Å²) in [4.78, 5) is 44.6. The summed E-state index contributed by atoms with van der Waals surface area (Å²) in [6.45, 7) is 20.0. The first-order valence-electron chi connectivity index (χ1n) is 45.2. The zero-order chi connectivity index (χ0) is 93.1. The van der Waals surface area contributed by atoms with Crippen molar-refractivity contribution in [3.05, 3.63) is 348 Å². The summed E-state index contributed by atoms with van der Waals surface area (Å²) in [5.74, 6) is -1.41. The molecule has 0 saturated carbocycles. The van der Waals surface area contributed by atoms with Crippen molar-refractivity contribution in [2.45, 2.75) is 71.5 Å². The maximum Gasteiger partial charge on any atom is 0.332 e. The number of ketones is 2. The lowest BCUT2D eigenvalue weighted by molar-refractivity contribution is -0.129. The fourth-order valence-electron chi connectivity index (χ4n) is 20.2. The Kier molecular flexibility index (Phi) is 26.1. The van der Waals surface area contributed by atoms with Gasteiger partial charge in [0.05, 0.1) is 49.2 Å². The quantitative estimate of drug-likeness (QED) is 0.0227. The highest BCUT2D eigenvalue weighted by Crippen LogP contribution is 2.57. The Morgan fingerprint density at radius 1 is 0.276 bits per heavy atom. The first-order valence-corrected chi connectivity index (χ1v) is 53.8. The van der Waals surface area contributed by atoms with Crippen molar-refractivity contribution in [1.29, 1.82) is 0 Å². The molecule has 0 fully saturated rings. The molecular weight excluding hydrogens is 1920 g/mol. The van der Waals surface area contributed by atoms with Gasteiger partial charge in [-0.05, 0) is 321 Å². The van der Waals surface area contributed by atoms with E-state index in [1.54, 1.807) is 19.4 Å². The molecule has 134 heavy (non-hydrogen) atoms. The molecule has 2 atom stereocenters. The number of nitrogens with zero attached hydrogens (tertiary/aromatic N) is 1. The Balaban J connectivity index is 0.000000104. The number of benzene rings is 18. The summed E-state index contributed by atoms with van der Waals surface area (Å²) < 4.78 is 53.4. The van der Waals surface area contributed by atoms with Crippen LogP contribution in [-0.2, 0) is 64.3 Å². The van der Waals surface area contributed by atoms with Crippen LogP contribution >= 0.6 is 71.3 Å². The van der Waals surface area contributed by atoms with Crippen LogP contribution in [0.1, 0.15) is 88.7 Å². The van der Waals surface area contributed by atoms with Crippen LogP contribution in [0.25, 0.3) is 196 Å². The normalized spacial score (nSPS) is 13.6. The minimum absolute atomic E-state index is 0.321. The molecule has 0 bridgehead atoms. The number of hydrogen-bond donors (Lipinski definition) is 0. The second-order valence-corrected chi connectivity index (χ2v) is 42.5. The zero-order valence-electron chi connectivity index (χ0n) is 75.6. The Morgan fingerprint density at radius 3 is 0.940 bits per heavy atom. The Bertz CT molecular complexity index is 8080. The topological polar surface area (TPSA) is 152 Å². The maximum absolute atomic E-state index is 13.0. The Morgan fingerprint density at radius 2 is 0.567 bits per heavy atom. The molecule has 0 spiro atoms. The molecule has 0 N–H and O–H groups in total.